The highest BCUT2D eigenvalue weighted by molar-refractivity contribution is 7.66. The van der Waals surface area contributed by atoms with Crippen LogP contribution in [0.2, 0.25) is 0 Å². The zero-order valence-corrected chi connectivity index (χ0v) is 21.0. The van der Waals surface area contributed by atoms with Gasteiger partial charge in [-0.2, -0.15) is 26.8 Å². The molecular weight excluding hydrogens is 601 g/mol. The van der Waals surface area contributed by atoms with Crippen molar-refractivity contribution in [3.8, 4) is 11.4 Å². The Balaban J connectivity index is 1.84. The Morgan fingerprint density at radius 1 is 1.08 bits per heavy atom. The number of aliphatic hydroxyl groups excluding tert-OH is 2. The van der Waals surface area contributed by atoms with E-state index in [1.165, 1.54) is 0 Å². The number of phosphoric acid groups is 3. The topological polar surface area (TPSA) is 255 Å². The number of hydrogen-bond acceptors (Lipinski definition) is 11. The van der Waals surface area contributed by atoms with Gasteiger partial charge in [-0.1, -0.05) is 0 Å². The van der Waals surface area contributed by atoms with Gasteiger partial charge in [0.1, 0.15) is 41.8 Å². The molecule has 0 bridgehead atoms. The molecule has 38 heavy (non-hydrogen) atoms. The molecule has 3 rings (SSSR count). The predicted molar refractivity (Wildman–Crippen MR) is 111 cm³/mol. The SMILES string of the molecule is Cc1c(C(F)(F)F)[nH]c2nc(=O)c([C@@H]3O[C@H](COP(=O)(O)OP(=O)(O)OP(=O)(O)O)[C@H](O)C3O)cc-2c1F. The Bertz CT molecular complexity index is 1400. The lowest BCUT2D eigenvalue weighted by atomic mass is 9.99. The van der Waals surface area contributed by atoms with E-state index in [1.54, 1.807) is 0 Å². The van der Waals surface area contributed by atoms with E-state index >= 15 is 0 Å². The molecule has 7 N–H and O–H groups in total. The summed E-state index contributed by atoms with van der Waals surface area (Å²) in [5, 5.41) is 20.5. The molecule has 0 saturated carbocycles. The minimum Gasteiger partial charge on any atom is -0.387 e. The number of aromatic amines is 1. The van der Waals surface area contributed by atoms with E-state index in [2.05, 4.69) is 18.1 Å². The summed E-state index contributed by atoms with van der Waals surface area (Å²) in [7, 11) is -17.1. The monoisotopic (exact) mass is 618 g/mol. The number of nitrogens with zero attached hydrogens (tertiary/aromatic N) is 1. The van der Waals surface area contributed by atoms with Crippen LogP contribution < -0.4 is 5.56 Å². The molecular formula is C15H17F4N2O14P3. The molecule has 214 valence electrons. The van der Waals surface area contributed by atoms with Crippen molar-refractivity contribution in [1.29, 1.82) is 0 Å². The minimum atomic E-state index is -5.85. The maximum atomic E-state index is 14.7. The number of halogens is 4. The lowest BCUT2D eigenvalue weighted by molar-refractivity contribution is -0.141. The Hall–Kier alpha value is -1.63. The summed E-state index contributed by atoms with van der Waals surface area (Å²) in [6, 6.07) is 0.717. The van der Waals surface area contributed by atoms with Crippen molar-refractivity contribution in [2.75, 3.05) is 6.61 Å². The maximum absolute atomic E-state index is 14.7. The van der Waals surface area contributed by atoms with Gasteiger partial charge in [-0.3, -0.25) is 9.32 Å². The normalized spacial score (nSPS) is 25.9. The van der Waals surface area contributed by atoms with Crippen LogP contribution in [0.5, 0.6) is 0 Å². The fourth-order valence-corrected chi connectivity index (χ4v) is 6.43. The Morgan fingerprint density at radius 2 is 1.68 bits per heavy atom. The molecule has 1 fully saturated rings. The smallest absolute Gasteiger partial charge is 0.387 e. The molecule has 0 aliphatic carbocycles. The van der Waals surface area contributed by atoms with Gasteiger partial charge in [0.2, 0.25) is 0 Å². The number of aliphatic hydroxyl groups is 2. The number of alkyl halides is 3. The first-order valence-corrected chi connectivity index (χ1v) is 14.2. The minimum absolute atomic E-state index is 0.605. The summed E-state index contributed by atoms with van der Waals surface area (Å²) in [6.07, 6.45) is -12.6. The van der Waals surface area contributed by atoms with Crippen LogP contribution in [0.1, 0.15) is 22.9 Å². The molecule has 3 unspecified atom stereocenters. The summed E-state index contributed by atoms with van der Waals surface area (Å²) in [4.78, 5) is 53.2. The van der Waals surface area contributed by atoms with Crippen molar-refractivity contribution < 1.29 is 78.9 Å². The van der Waals surface area contributed by atoms with E-state index in [4.69, 9.17) is 19.4 Å². The lowest BCUT2D eigenvalue weighted by Gasteiger charge is -2.19. The first-order chi connectivity index (χ1) is 17.1. The molecule has 0 radical (unpaired) electrons. The molecule has 3 aliphatic rings. The Morgan fingerprint density at radius 3 is 2.24 bits per heavy atom. The molecule has 16 nitrogen and oxygen atoms in total. The van der Waals surface area contributed by atoms with Gasteiger partial charge >= 0.3 is 29.6 Å². The van der Waals surface area contributed by atoms with Crippen molar-refractivity contribution in [2.45, 2.75) is 37.5 Å². The molecule has 1 saturated heterocycles. The number of ether oxygens (including phenoxy) is 1. The number of fused-ring (bicyclic) bond motifs is 1. The molecule has 0 amide bonds. The fraction of sp³-hybridized carbons (Fsp3) is 0.467. The van der Waals surface area contributed by atoms with E-state index in [1.807, 2.05) is 4.98 Å². The van der Waals surface area contributed by atoms with Gasteiger partial charge in [0.15, 0.2) is 0 Å². The molecule has 0 aromatic carbocycles. The van der Waals surface area contributed by atoms with Crippen LogP contribution in [0, 0.1) is 12.7 Å². The van der Waals surface area contributed by atoms with E-state index < -0.39 is 100 Å². The second kappa shape index (κ2) is 10.4. The average molecular weight is 618 g/mol. The van der Waals surface area contributed by atoms with Crippen molar-refractivity contribution in [2.24, 2.45) is 0 Å². The zero-order valence-electron chi connectivity index (χ0n) is 18.3. The van der Waals surface area contributed by atoms with Crippen molar-refractivity contribution >= 4 is 23.5 Å². The first-order valence-electron chi connectivity index (χ1n) is 9.72. The number of aromatic nitrogens is 2. The van der Waals surface area contributed by atoms with E-state index in [0.29, 0.717) is 0 Å². The Labute approximate surface area is 207 Å². The number of nitrogens with one attached hydrogen (secondary N) is 1. The van der Waals surface area contributed by atoms with Crippen LogP contribution in [0.3, 0.4) is 0 Å². The Kier molecular flexibility index (Phi) is 8.46. The number of rotatable bonds is 8. The second-order valence-corrected chi connectivity index (χ2v) is 12.1. The third-order valence-electron chi connectivity index (χ3n) is 4.97. The molecule has 3 aliphatic heterocycles. The van der Waals surface area contributed by atoms with Gasteiger partial charge < -0.3 is 39.5 Å². The molecule has 23 heteroatoms. The van der Waals surface area contributed by atoms with Gasteiger partial charge in [0.25, 0.3) is 5.56 Å². The second-order valence-electron chi connectivity index (χ2n) is 7.68. The highest BCUT2D eigenvalue weighted by Crippen LogP contribution is 2.66. The third-order valence-corrected chi connectivity index (χ3v) is 8.77. The number of hydrogen-bond donors (Lipinski definition) is 7. The summed E-state index contributed by atoms with van der Waals surface area (Å²) >= 11 is 0. The van der Waals surface area contributed by atoms with Gasteiger partial charge in [0, 0.05) is 5.56 Å². The van der Waals surface area contributed by atoms with Crippen LogP contribution >= 0.6 is 23.5 Å². The summed E-state index contributed by atoms with van der Waals surface area (Å²) in [6.45, 7) is -0.397. The van der Waals surface area contributed by atoms with Gasteiger partial charge in [0.05, 0.1) is 17.7 Å². The highest BCUT2D eigenvalue weighted by Gasteiger charge is 2.47. The summed E-state index contributed by atoms with van der Waals surface area (Å²) in [5.74, 6) is -2.19. The van der Waals surface area contributed by atoms with Crippen LogP contribution in [-0.2, 0) is 37.8 Å². The van der Waals surface area contributed by atoms with Crippen LogP contribution in [-0.4, -0.2) is 64.7 Å². The van der Waals surface area contributed by atoms with Crippen LogP contribution in [0.4, 0.5) is 17.6 Å². The standard InChI is InChI=1S/C15H17F4N2O14P3/c1-4-8(16)5-2-6(14(24)21-13(5)20-12(4)15(17,18)19)11-10(23)9(22)7(33-11)3-32-37(28,29)35-38(30,31)34-36(25,26)27/h2,7,9-11,22-23H,3H2,1H3,(H,28,29)(H,30,31)(H,20,21,24)(H2,25,26,27)/t7-,9+,10?,11+/m1/s1. The fourth-order valence-electron chi connectivity index (χ4n) is 3.40. The van der Waals surface area contributed by atoms with E-state index in [9.17, 15) is 51.2 Å². The van der Waals surface area contributed by atoms with Crippen LogP contribution in [0.25, 0.3) is 11.4 Å². The highest BCUT2D eigenvalue weighted by atomic mass is 31.3. The van der Waals surface area contributed by atoms with E-state index in [0.717, 1.165) is 13.0 Å². The summed E-state index contributed by atoms with van der Waals surface area (Å²) < 4.78 is 104. The quantitative estimate of drug-likeness (QED) is 0.160. The van der Waals surface area contributed by atoms with Crippen molar-refractivity contribution in [1.82, 2.24) is 9.97 Å². The molecule has 0 aromatic rings. The largest absolute Gasteiger partial charge is 0.490 e. The number of phosphoric ester groups is 1. The van der Waals surface area contributed by atoms with Crippen molar-refractivity contribution in [3.63, 3.8) is 0 Å². The van der Waals surface area contributed by atoms with Crippen molar-refractivity contribution in [3.05, 3.63) is 39.1 Å². The third kappa shape index (κ3) is 6.92. The number of H-pyrrole nitrogens is 1. The number of pyridine rings is 2. The van der Waals surface area contributed by atoms with Crippen LogP contribution in [0.15, 0.2) is 10.9 Å². The molecule has 0 spiro atoms. The average Bonchev–Trinajstić information content (AvgIpc) is 2.99. The molecule has 3 heterocycles. The summed E-state index contributed by atoms with van der Waals surface area (Å²) in [5.41, 5.74) is -4.89. The zero-order chi connectivity index (χ0) is 29.0. The van der Waals surface area contributed by atoms with Gasteiger partial charge in [-0.15, -0.1) is 0 Å². The lowest BCUT2D eigenvalue weighted by Crippen LogP contribution is -2.33. The predicted octanol–water partition coefficient (Wildman–Crippen LogP) is 0.846. The first kappa shape index (κ1) is 30.9. The maximum Gasteiger partial charge on any atom is 0.490 e. The van der Waals surface area contributed by atoms with Gasteiger partial charge in [-0.05, 0) is 13.0 Å². The molecule has 6 atom stereocenters. The molecule has 0 aromatic heterocycles. The van der Waals surface area contributed by atoms with Gasteiger partial charge in [-0.25, -0.2) is 18.1 Å². The van der Waals surface area contributed by atoms with E-state index in [-0.39, 0.29) is 0 Å².